The first-order valence-electron chi connectivity index (χ1n) is 6.12. The first-order valence-corrected chi connectivity index (χ1v) is 6.12. The Morgan fingerprint density at radius 2 is 2.12 bits per heavy atom. The van der Waals surface area contributed by atoms with Gasteiger partial charge in [0.2, 0.25) is 5.91 Å². The highest BCUT2D eigenvalue weighted by atomic mass is 16.2. The van der Waals surface area contributed by atoms with Crippen molar-refractivity contribution >= 4 is 11.7 Å². The standard InChI is InChI=1S/C12H20N2O2/c1-9(15)6-7-14-12(16)8-11(13(14)2)10-4-3-5-10/h10-11H,3-8H2,1-2H3. The molecule has 16 heavy (non-hydrogen) atoms. The van der Waals surface area contributed by atoms with Gasteiger partial charge >= 0.3 is 0 Å². The largest absolute Gasteiger partial charge is 0.300 e. The van der Waals surface area contributed by atoms with Gasteiger partial charge in [0.15, 0.2) is 0 Å². The molecule has 1 heterocycles. The van der Waals surface area contributed by atoms with Gasteiger partial charge in [-0.3, -0.25) is 14.6 Å². The number of hydrogen-bond acceptors (Lipinski definition) is 3. The minimum atomic E-state index is 0.147. The number of hydrazine groups is 1. The normalized spacial score (nSPS) is 27.2. The van der Waals surface area contributed by atoms with Crippen molar-refractivity contribution in [1.29, 1.82) is 0 Å². The van der Waals surface area contributed by atoms with Crippen LogP contribution in [0.4, 0.5) is 0 Å². The third kappa shape index (κ3) is 2.12. The van der Waals surface area contributed by atoms with Crippen LogP contribution in [0.5, 0.6) is 0 Å². The Bertz CT molecular complexity index is 299. The number of ketones is 1. The van der Waals surface area contributed by atoms with Gasteiger partial charge in [0.05, 0.1) is 0 Å². The molecule has 0 radical (unpaired) electrons. The van der Waals surface area contributed by atoms with Crippen LogP contribution in [0.3, 0.4) is 0 Å². The fourth-order valence-corrected chi connectivity index (χ4v) is 2.61. The van der Waals surface area contributed by atoms with Gasteiger partial charge in [0, 0.05) is 32.5 Å². The van der Waals surface area contributed by atoms with E-state index < -0.39 is 0 Å². The Morgan fingerprint density at radius 1 is 1.44 bits per heavy atom. The highest BCUT2D eigenvalue weighted by Crippen LogP contribution is 2.36. The zero-order valence-electron chi connectivity index (χ0n) is 10.1. The quantitative estimate of drug-likeness (QED) is 0.720. The molecular weight excluding hydrogens is 204 g/mol. The summed E-state index contributed by atoms with van der Waals surface area (Å²) < 4.78 is 0. The summed E-state index contributed by atoms with van der Waals surface area (Å²) in [6, 6.07) is 0.383. The average Bonchev–Trinajstić information content (AvgIpc) is 2.37. The molecule has 0 aromatic rings. The van der Waals surface area contributed by atoms with Gasteiger partial charge in [-0.25, -0.2) is 5.01 Å². The molecule has 1 unspecified atom stereocenters. The van der Waals surface area contributed by atoms with Gasteiger partial charge in [-0.2, -0.15) is 0 Å². The van der Waals surface area contributed by atoms with E-state index in [-0.39, 0.29) is 11.7 Å². The van der Waals surface area contributed by atoms with Crippen molar-refractivity contribution in [2.45, 2.75) is 45.1 Å². The predicted molar refractivity (Wildman–Crippen MR) is 60.5 cm³/mol. The Labute approximate surface area is 96.6 Å². The molecule has 1 amide bonds. The first-order chi connectivity index (χ1) is 7.59. The van der Waals surface area contributed by atoms with E-state index in [0.717, 1.165) is 0 Å². The van der Waals surface area contributed by atoms with Crippen LogP contribution in [0.1, 0.15) is 39.0 Å². The van der Waals surface area contributed by atoms with Gasteiger partial charge in [-0.15, -0.1) is 0 Å². The number of carbonyl (C=O) groups excluding carboxylic acids is 2. The van der Waals surface area contributed by atoms with Crippen molar-refractivity contribution in [3.8, 4) is 0 Å². The Morgan fingerprint density at radius 3 is 2.62 bits per heavy atom. The van der Waals surface area contributed by atoms with E-state index in [0.29, 0.717) is 31.3 Å². The highest BCUT2D eigenvalue weighted by Gasteiger charge is 2.41. The molecule has 1 saturated carbocycles. The second-order valence-corrected chi connectivity index (χ2v) is 5.01. The van der Waals surface area contributed by atoms with E-state index >= 15 is 0 Å². The number of rotatable bonds is 4. The third-order valence-corrected chi connectivity index (χ3v) is 3.90. The van der Waals surface area contributed by atoms with Crippen molar-refractivity contribution in [3.05, 3.63) is 0 Å². The van der Waals surface area contributed by atoms with Gasteiger partial charge in [0.1, 0.15) is 5.78 Å². The lowest BCUT2D eigenvalue weighted by molar-refractivity contribution is -0.138. The van der Waals surface area contributed by atoms with Crippen LogP contribution in [0.15, 0.2) is 0 Å². The highest BCUT2D eigenvalue weighted by molar-refractivity contribution is 5.80. The van der Waals surface area contributed by atoms with Gasteiger partial charge in [0.25, 0.3) is 0 Å². The third-order valence-electron chi connectivity index (χ3n) is 3.90. The second kappa shape index (κ2) is 4.53. The molecule has 4 heteroatoms. The first kappa shape index (κ1) is 11.6. The summed E-state index contributed by atoms with van der Waals surface area (Å²) in [6.45, 7) is 2.12. The molecule has 0 bridgehead atoms. The maximum absolute atomic E-state index is 11.8. The average molecular weight is 224 g/mol. The maximum atomic E-state index is 11.8. The topological polar surface area (TPSA) is 40.6 Å². The molecule has 1 aliphatic heterocycles. The van der Waals surface area contributed by atoms with Crippen LogP contribution in [0.2, 0.25) is 0 Å². The van der Waals surface area contributed by atoms with Crippen molar-refractivity contribution < 1.29 is 9.59 Å². The van der Waals surface area contributed by atoms with Crippen LogP contribution < -0.4 is 0 Å². The summed E-state index contributed by atoms with van der Waals surface area (Å²) in [5, 5.41) is 3.82. The van der Waals surface area contributed by atoms with Crippen molar-refractivity contribution in [1.82, 2.24) is 10.0 Å². The number of carbonyl (C=O) groups is 2. The number of nitrogens with zero attached hydrogens (tertiary/aromatic N) is 2. The molecule has 2 fully saturated rings. The summed E-state index contributed by atoms with van der Waals surface area (Å²) in [5.41, 5.74) is 0. The number of hydrogen-bond donors (Lipinski definition) is 0. The summed E-state index contributed by atoms with van der Waals surface area (Å²) in [5.74, 6) is 1.02. The number of amides is 1. The molecule has 0 aromatic carbocycles. The van der Waals surface area contributed by atoms with Crippen LogP contribution in [0, 0.1) is 5.92 Å². The molecule has 1 aliphatic carbocycles. The van der Waals surface area contributed by atoms with E-state index in [1.807, 2.05) is 7.05 Å². The SMILES string of the molecule is CC(=O)CCN1C(=O)CC(C2CCC2)N1C. The van der Waals surface area contributed by atoms with Gasteiger partial charge < -0.3 is 0 Å². The molecule has 2 aliphatic rings. The molecule has 0 spiro atoms. The van der Waals surface area contributed by atoms with Gasteiger partial charge in [-0.1, -0.05) is 6.42 Å². The molecule has 0 N–H and O–H groups in total. The maximum Gasteiger partial charge on any atom is 0.238 e. The Hall–Kier alpha value is -0.900. The number of Topliss-reactive ketones (excluding diaryl/α,β-unsaturated/α-hetero) is 1. The molecule has 4 nitrogen and oxygen atoms in total. The smallest absolute Gasteiger partial charge is 0.238 e. The van der Waals surface area contributed by atoms with Crippen LogP contribution in [-0.4, -0.2) is 41.3 Å². The van der Waals surface area contributed by atoms with E-state index in [4.69, 9.17) is 0 Å². The molecule has 0 aromatic heterocycles. The lowest BCUT2D eigenvalue weighted by atomic mass is 9.79. The molecule has 90 valence electrons. The second-order valence-electron chi connectivity index (χ2n) is 5.01. The fourth-order valence-electron chi connectivity index (χ4n) is 2.61. The van der Waals surface area contributed by atoms with E-state index in [2.05, 4.69) is 5.01 Å². The lowest BCUT2D eigenvalue weighted by Gasteiger charge is -2.36. The monoisotopic (exact) mass is 224 g/mol. The van der Waals surface area contributed by atoms with E-state index in [1.165, 1.54) is 19.3 Å². The zero-order valence-corrected chi connectivity index (χ0v) is 10.1. The van der Waals surface area contributed by atoms with Crippen molar-refractivity contribution in [3.63, 3.8) is 0 Å². The van der Waals surface area contributed by atoms with Crippen LogP contribution in [-0.2, 0) is 9.59 Å². The lowest BCUT2D eigenvalue weighted by Crippen LogP contribution is -2.44. The summed E-state index contributed by atoms with van der Waals surface area (Å²) in [7, 11) is 1.98. The Balaban J connectivity index is 1.93. The summed E-state index contributed by atoms with van der Waals surface area (Å²) in [4.78, 5) is 22.8. The summed E-state index contributed by atoms with van der Waals surface area (Å²) in [6.07, 6.45) is 4.91. The van der Waals surface area contributed by atoms with Crippen LogP contribution in [0.25, 0.3) is 0 Å². The van der Waals surface area contributed by atoms with Crippen molar-refractivity contribution in [2.24, 2.45) is 5.92 Å². The molecular formula is C12H20N2O2. The molecule has 2 rings (SSSR count). The Kier molecular flexibility index (Phi) is 3.28. The molecule has 1 atom stereocenters. The van der Waals surface area contributed by atoms with E-state index in [1.54, 1.807) is 11.9 Å². The van der Waals surface area contributed by atoms with Crippen molar-refractivity contribution in [2.75, 3.05) is 13.6 Å². The van der Waals surface area contributed by atoms with Crippen LogP contribution >= 0.6 is 0 Å². The van der Waals surface area contributed by atoms with Gasteiger partial charge in [-0.05, 0) is 25.7 Å². The summed E-state index contributed by atoms with van der Waals surface area (Å²) >= 11 is 0. The fraction of sp³-hybridized carbons (Fsp3) is 0.833. The predicted octanol–water partition coefficient (Wildman–Crippen LogP) is 1.21. The minimum absolute atomic E-state index is 0.147. The molecule has 1 saturated heterocycles. The minimum Gasteiger partial charge on any atom is -0.300 e. The zero-order chi connectivity index (χ0) is 11.7. The van der Waals surface area contributed by atoms with E-state index in [9.17, 15) is 9.59 Å².